The van der Waals surface area contributed by atoms with Crippen molar-refractivity contribution in [3.05, 3.63) is 106 Å². The summed E-state index contributed by atoms with van der Waals surface area (Å²) in [4.78, 5) is 18.0. The average molecular weight is 551 g/mol. The highest BCUT2D eigenvalue weighted by Crippen LogP contribution is 2.36. The number of hydrogen-bond acceptors (Lipinski definition) is 3. The van der Waals surface area contributed by atoms with Crippen molar-refractivity contribution in [1.29, 1.82) is 0 Å². The summed E-state index contributed by atoms with van der Waals surface area (Å²) in [5, 5.41) is 6.80. The van der Waals surface area contributed by atoms with Crippen molar-refractivity contribution >= 4 is 5.91 Å². The predicted octanol–water partition coefficient (Wildman–Crippen LogP) is 6.64. The second kappa shape index (κ2) is 11.6. The third kappa shape index (κ3) is 6.08. The Labute approximate surface area is 230 Å². The number of carbonyl (C=O) groups excluding carboxylic acids is 1. The SMILES string of the molecule is CCc1ccc(-c2cccnc2[C@H](Cc2cccc(F)c2)NC(=O)Cn2nc(C(F)(F)F)c3c2CCCC3)cc1. The zero-order valence-corrected chi connectivity index (χ0v) is 22.1. The fourth-order valence-electron chi connectivity index (χ4n) is 5.38. The first kappa shape index (κ1) is 27.6. The minimum atomic E-state index is -4.58. The van der Waals surface area contributed by atoms with Crippen LogP contribution in [-0.2, 0) is 43.2 Å². The van der Waals surface area contributed by atoms with E-state index < -0.39 is 29.6 Å². The molecule has 1 N–H and O–H groups in total. The van der Waals surface area contributed by atoms with E-state index in [1.807, 2.05) is 36.4 Å². The van der Waals surface area contributed by atoms with Gasteiger partial charge >= 0.3 is 6.18 Å². The van der Waals surface area contributed by atoms with E-state index in [0.29, 0.717) is 36.2 Å². The molecule has 5 rings (SSSR count). The minimum Gasteiger partial charge on any atom is -0.346 e. The van der Waals surface area contributed by atoms with Crippen molar-refractivity contribution in [2.75, 3.05) is 0 Å². The second-order valence-corrected chi connectivity index (χ2v) is 10.1. The Morgan fingerprint density at radius 1 is 1.02 bits per heavy atom. The molecule has 0 aliphatic heterocycles. The standard InChI is InChI=1S/C31H30F4N4O/c1-2-20-12-14-22(15-13-20)24-10-6-16-36-29(24)26(18-21-7-5-8-23(32)17-21)37-28(40)19-39-27-11-4-3-9-25(27)30(38-39)31(33,34)35/h5-8,10,12-17,26H,2-4,9,11,18-19H2,1H3,(H,37,40)/t26-/m0/s1. The fraction of sp³-hybridized carbons (Fsp3) is 0.323. The molecule has 0 spiro atoms. The number of halogens is 4. The molecule has 4 aromatic rings. The van der Waals surface area contributed by atoms with E-state index in [4.69, 9.17) is 0 Å². The Morgan fingerprint density at radius 3 is 2.52 bits per heavy atom. The van der Waals surface area contributed by atoms with E-state index in [0.717, 1.165) is 24.0 Å². The van der Waals surface area contributed by atoms with E-state index in [1.165, 1.54) is 22.4 Å². The van der Waals surface area contributed by atoms with E-state index in [1.54, 1.807) is 18.3 Å². The number of hydrogen-bond donors (Lipinski definition) is 1. The predicted molar refractivity (Wildman–Crippen MR) is 144 cm³/mol. The van der Waals surface area contributed by atoms with Gasteiger partial charge in [0.05, 0.1) is 11.7 Å². The summed E-state index contributed by atoms with van der Waals surface area (Å²) in [5.74, 6) is -0.897. The molecule has 1 amide bonds. The van der Waals surface area contributed by atoms with Crippen LogP contribution in [0.1, 0.15) is 59.6 Å². The van der Waals surface area contributed by atoms with Crippen molar-refractivity contribution in [2.24, 2.45) is 0 Å². The van der Waals surface area contributed by atoms with Crippen molar-refractivity contribution in [3.8, 4) is 11.1 Å². The maximum Gasteiger partial charge on any atom is 0.435 e. The molecular weight excluding hydrogens is 520 g/mol. The van der Waals surface area contributed by atoms with Gasteiger partial charge in [0.1, 0.15) is 12.4 Å². The molecule has 2 aromatic carbocycles. The highest BCUT2D eigenvalue weighted by molar-refractivity contribution is 5.77. The summed E-state index contributed by atoms with van der Waals surface area (Å²) >= 11 is 0. The zero-order valence-electron chi connectivity index (χ0n) is 22.1. The van der Waals surface area contributed by atoms with Crippen LogP contribution in [0.15, 0.2) is 66.9 Å². The van der Waals surface area contributed by atoms with Gasteiger partial charge in [0.15, 0.2) is 5.69 Å². The first-order valence-electron chi connectivity index (χ1n) is 13.5. The van der Waals surface area contributed by atoms with Gasteiger partial charge in [0, 0.05) is 23.0 Å². The zero-order chi connectivity index (χ0) is 28.3. The number of amides is 1. The summed E-state index contributed by atoms with van der Waals surface area (Å²) in [6.45, 7) is 1.72. The topological polar surface area (TPSA) is 59.8 Å². The molecular formula is C31H30F4N4O. The van der Waals surface area contributed by atoms with Gasteiger partial charge in [-0.25, -0.2) is 4.39 Å². The molecule has 1 aliphatic rings. The molecule has 9 heteroatoms. The van der Waals surface area contributed by atoms with E-state index in [-0.39, 0.29) is 18.5 Å². The average Bonchev–Trinajstić information content (AvgIpc) is 3.32. The quantitative estimate of drug-likeness (QED) is 0.250. The molecule has 2 heterocycles. The molecule has 40 heavy (non-hydrogen) atoms. The van der Waals surface area contributed by atoms with Crippen LogP contribution in [0.2, 0.25) is 0 Å². The Hall–Kier alpha value is -4.01. The number of nitrogens with one attached hydrogen (secondary N) is 1. The Kier molecular flexibility index (Phi) is 8.00. The van der Waals surface area contributed by atoms with Gasteiger partial charge in [-0.3, -0.25) is 14.5 Å². The van der Waals surface area contributed by atoms with Gasteiger partial charge in [0.2, 0.25) is 5.91 Å². The maximum atomic E-state index is 14.0. The largest absolute Gasteiger partial charge is 0.435 e. The number of nitrogens with zero attached hydrogens (tertiary/aromatic N) is 3. The van der Waals surface area contributed by atoms with E-state index in [9.17, 15) is 22.4 Å². The summed E-state index contributed by atoms with van der Waals surface area (Å²) in [5.41, 5.74) is 3.88. The van der Waals surface area contributed by atoms with E-state index >= 15 is 0 Å². The highest BCUT2D eigenvalue weighted by atomic mass is 19.4. The lowest BCUT2D eigenvalue weighted by Crippen LogP contribution is -2.34. The molecule has 2 aromatic heterocycles. The van der Waals surface area contributed by atoms with Crippen LogP contribution in [-0.4, -0.2) is 20.7 Å². The molecule has 0 unspecified atom stereocenters. The van der Waals surface area contributed by atoms with E-state index in [2.05, 4.69) is 22.3 Å². The number of alkyl halides is 3. The van der Waals surface area contributed by atoms with Gasteiger partial charge in [-0.15, -0.1) is 0 Å². The third-order valence-electron chi connectivity index (χ3n) is 7.32. The van der Waals surface area contributed by atoms with Crippen molar-refractivity contribution in [1.82, 2.24) is 20.1 Å². The second-order valence-electron chi connectivity index (χ2n) is 10.1. The lowest BCUT2D eigenvalue weighted by Gasteiger charge is -2.22. The molecule has 0 bridgehead atoms. The van der Waals surface area contributed by atoms with Gasteiger partial charge in [-0.05, 0) is 73.4 Å². The van der Waals surface area contributed by atoms with Crippen molar-refractivity contribution in [3.63, 3.8) is 0 Å². The normalized spacial score (nSPS) is 14.0. The number of aromatic nitrogens is 3. The summed E-state index contributed by atoms with van der Waals surface area (Å²) in [6, 6.07) is 17.2. The third-order valence-corrected chi connectivity index (χ3v) is 7.32. The summed E-state index contributed by atoms with van der Waals surface area (Å²) in [6.07, 6.45) is 0.317. The van der Waals surface area contributed by atoms with Crippen LogP contribution in [0.25, 0.3) is 11.1 Å². The van der Waals surface area contributed by atoms with Crippen LogP contribution >= 0.6 is 0 Å². The minimum absolute atomic E-state index is 0.186. The van der Waals surface area contributed by atoms with Gasteiger partial charge in [-0.1, -0.05) is 49.4 Å². The summed E-state index contributed by atoms with van der Waals surface area (Å²) < 4.78 is 56.2. The molecule has 5 nitrogen and oxygen atoms in total. The molecule has 1 atom stereocenters. The molecule has 0 saturated heterocycles. The fourth-order valence-corrected chi connectivity index (χ4v) is 5.38. The van der Waals surface area contributed by atoms with Crippen LogP contribution in [0.5, 0.6) is 0 Å². The number of aryl methyl sites for hydroxylation is 1. The van der Waals surface area contributed by atoms with Crippen LogP contribution in [0.3, 0.4) is 0 Å². The number of benzene rings is 2. The van der Waals surface area contributed by atoms with Crippen molar-refractivity contribution < 1.29 is 22.4 Å². The maximum absolute atomic E-state index is 14.0. The number of fused-ring (bicyclic) bond motifs is 1. The van der Waals surface area contributed by atoms with Gasteiger partial charge < -0.3 is 5.32 Å². The van der Waals surface area contributed by atoms with Gasteiger partial charge in [-0.2, -0.15) is 18.3 Å². The lowest BCUT2D eigenvalue weighted by atomic mass is 9.94. The lowest BCUT2D eigenvalue weighted by molar-refractivity contribution is -0.142. The molecule has 208 valence electrons. The van der Waals surface area contributed by atoms with Crippen molar-refractivity contribution in [2.45, 2.75) is 64.2 Å². The van der Waals surface area contributed by atoms with Crippen LogP contribution in [0, 0.1) is 5.82 Å². The first-order chi connectivity index (χ1) is 19.2. The number of pyridine rings is 1. The number of carbonyl (C=O) groups is 1. The summed E-state index contributed by atoms with van der Waals surface area (Å²) in [7, 11) is 0. The monoisotopic (exact) mass is 550 g/mol. The smallest absolute Gasteiger partial charge is 0.346 e. The first-order valence-corrected chi connectivity index (χ1v) is 13.5. The molecule has 0 radical (unpaired) electrons. The van der Waals surface area contributed by atoms with Crippen LogP contribution < -0.4 is 5.32 Å². The van der Waals surface area contributed by atoms with Gasteiger partial charge in [0.25, 0.3) is 0 Å². The molecule has 1 aliphatic carbocycles. The van der Waals surface area contributed by atoms with Crippen LogP contribution in [0.4, 0.5) is 17.6 Å². The molecule has 0 saturated carbocycles. The number of rotatable bonds is 8. The Bertz CT molecular complexity index is 1490. The highest BCUT2D eigenvalue weighted by Gasteiger charge is 2.39. The Balaban J connectivity index is 1.47. The molecule has 0 fully saturated rings. The Morgan fingerprint density at radius 2 is 1.80 bits per heavy atom.